The Morgan fingerprint density at radius 1 is 1.04 bits per heavy atom. The summed E-state index contributed by atoms with van der Waals surface area (Å²) in [6.07, 6.45) is 6.04. The van der Waals surface area contributed by atoms with Gasteiger partial charge in [-0.2, -0.15) is 0 Å². The van der Waals surface area contributed by atoms with Crippen LogP contribution in [-0.4, -0.2) is 18.1 Å². The van der Waals surface area contributed by atoms with Gasteiger partial charge in [0, 0.05) is 16.9 Å². The Kier molecular flexibility index (Phi) is 4.97. The highest BCUT2D eigenvalue weighted by atomic mass is 32.1. The summed E-state index contributed by atoms with van der Waals surface area (Å²) in [7, 11) is 0. The van der Waals surface area contributed by atoms with Gasteiger partial charge in [0.2, 0.25) is 0 Å². The SMILES string of the molecule is CCc1cc2c(cc1-c1csc(C3CCNCC3)n1)C(C)(C)CCC2(C)C. The smallest absolute Gasteiger partial charge is 0.0964 e. The average Bonchev–Trinajstić information content (AvgIpc) is 3.15. The molecule has 0 radical (unpaired) electrons. The first-order valence-electron chi connectivity index (χ1n) is 10.7. The zero-order valence-electron chi connectivity index (χ0n) is 17.6. The molecule has 1 N–H and O–H groups in total. The lowest BCUT2D eigenvalue weighted by Crippen LogP contribution is -2.34. The molecule has 1 aliphatic carbocycles. The summed E-state index contributed by atoms with van der Waals surface area (Å²) in [6.45, 7) is 14.2. The molecule has 0 saturated carbocycles. The van der Waals surface area contributed by atoms with E-state index in [2.05, 4.69) is 57.4 Å². The fraction of sp³-hybridized carbons (Fsp3) is 0.625. The number of aromatic nitrogens is 1. The number of hydrogen-bond donors (Lipinski definition) is 1. The first-order chi connectivity index (χ1) is 12.8. The van der Waals surface area contributed by atoms with E-state index in [1.807, 2.05) is 11.3 Å². The largest absolute Gasteiger partial charge is 0.317 e. The second-order valence-corrected chi connectivity index (χ2v) is 10.7. The molecule has 1 aromatic carbocycles. The minimum Gasteiger partial charge on any atom is -0.317 e. The van der Waals surface area contributed by atoms with Crippen molar-refractivity contribution in [2.75, 3.05) is 13.1 Å². The van der Waals surface area contributed by atoms with Crippen LogP contribution in [-0.2, 0) is 17.3 Å². The molecule has 2 aromatic rings. The first-order valence-corrected chi connectivity index (χ1v) is 11.5. The van der Waals surface area contributed by atoms with Crippen molar-refractivity contribution in [3.63, 3.8) is 0 Å². The molecule has 27 heavy (non-hydrogen) atoms. The maximum atomic E-state index is 5.14. The van der Waals surface area contributed by atoms with Gasteiger partial charge in [0.25, 0.3) is 0 Å². The number of benzene rings is 1. The monoisotopic (exact) mass is 382 g/mol. The molecular weight excluding hydrogens is 348 g/mol. The van der Waals surface area contributed by atoms with E-state index in [0.29, 0.717) is 5.92 Å². The number of fused-ring (bicyclic) bond motifs is 1. The fourth-order valence-electron chi connectivity index (χ4n) is 4.86. The molecule has 0 spiro atoms. The summed E-state index contributed by atoms with van der Waals surface area (Å²) in [6, 6.07) is 5.01. The van der Waals surface area contributed by atoms with Crippen molar-refractivity contribution in [3.05, 3.63) is 39.2 Å². The predicted molar refractivity (Wildman–Crippen MR) is 117 cm³/mol. The minimum atomic E-state index is 0.250. The van der Waals surface area contributed by atoms with Crippen LogP contribution in [0.3, 0.4) is 0 Å². The van der Waals surface area contributed by atoms with Crippen LogP contribution in [0.25, 0.3) is 11.3 Å². The van der Waals surface area contributed by atoms with Gasteiger partial charge in [-0.25, -0.2) is 4.98 Å². The highest BCUT2D eigenvalue weighted by Crippen LogP contribution is 2.48. The number of rotatable bonds is 3. The minimum absolute atomic E-state index is 0.250. The van der Waals surface area contributed by atoms with E-state index in [0.717, 1.165) is 19.5 Å². The Morgan fingerprint density at radius 2 is 1.67 bits per heavy atom. The van der Waals surface area contributed by atoms with Gasteiger partial charge in [0.1, 0.15) is 0 Å². The van der Waals surface area contributed by atoms with Crippen LogP contribution in [0.4, 0.5) is 0 Å². The van der Waals surface area contributed by atoms with Crippen LogP contribution in [0.5, 0.6) is 0 Å². The number of piperidine rings is 1. The lowest BCUT2D eigenvalue weighted by atomic mass is 9.62. The first kappa shape index (κ1) is 19.1. The van der Waals surface area contributed by atoms with Crippen molar-refractivity contribution in [2.24, 2.45) is 0 Å². The van der Waals surface area contributed by atoms with E-state index >= 15 is 0 Å². The quantitative estimate of drug-likeness (QED) is 0.685. The number of nitrogens with zero attached hydrogens (tertiary/aromatic N) is 1. The third kappa shape index (κ3) is 3.49. The number of hydrogen-bond acceptors (Lipinski definition) is 3. The standard InChI is InChI=1S/C24H34N2S/c1-6-16-13-19-20(24(4,5)10-9-23(19,2)3)14-18(16)21-15-27-22(26-21)17-7-11-25-12-8-17/h13-15,17,25H,6-12H2,1-5H3. The second-order valence-electron chi connectivity index (χ2n) is 9.77. The maximum Gasteiger partial charge on any atom is 0.0964 e. The summed E-state index contributed by atoms with van der Waals surface area (Å²) in [5.41, 5.74) is 7.66. The highest BCUT2D eigenvalue weighted by molar-refractivity contribution is 7.10. The van der Waals surface area contributed by atoms with E-state index in [9.17, 15) is 0 Å². The molecule has 0 bridgehead atoms. The molecule has 0 amide bonds. The summed E-state index contributed by atoms with van der Waals surface area (Å²) >= 11 is 1.87. The summed E-state index contributed by atoms with van der Waals surface area (Å²) in [4.78, 5) is 5.14. The molecule has 1 fully saturated rings. The lowest BCUT2D eigenvalue weighted by molar-refractivity contribution is 0.331. The molecule has 0 unspecified atom stereocenters. The van der Waals surface area contributed by atoms with E-state index in [1.54, 1.807) is 11.1 Å². The molecule has 2 nitrogen and oxygen atoms in total. The molecule has 3 heteroatoms. The zero-order chi connectivity index (χ0) is 19.2. The van der Waals surface area contributed by atoms with Gasteiger partial charge >= 0.3 is 0 Å². The van der Waals surface area contributed by atoms with Gasteiger partial charge in [-0.05, 0) is 78.8 Å². The predicted octanol–water partition coefficient (Wildman–Crippen LogP) is 6.19. The molecule has 0 atom stereocenters. The van der Waals surface area contributed by atoms with Crippen LogP contribution in [0, 0.1) is 0 Å². The van der Waals surface area contributed by atoms with Crippen molar-refractivity contribution >= 4 is 11.3 Å². The van der Waals surface area contributed by atoms with Crippen molar-refractivity contribution in [1.82, 2.24) is 10.3 Å². The molecule has 1 saturated heterocycles. The third-order valence-corrected chi connectivity index (χ3v) is 7.95. The number of aryl methyl sites for hydroxylation is 1. The van der Waals surface area contributed by atoms with Gasteiger partial charge in [-0.3, -0.25) is 0 Å². The van der Waals surface area contributed by atoms with Crippen molar-refractivity contribution < 1.29 is 0 Å². The van der Waals surface area contributed by atoms with Crippen molar-refractivity contribution in [1.29, 1.82) is 0 Å². The van der Waals surface area contributed by atoms with E-state index in [4.69, 9.17) is 4.98 Å². The van der Waals surface area contributed by atoms with E-state index in [-0.39, 0.29) is 10.8 Å². The molecule has 1 aromatic heterocycles. The molecule has 146 valence electrons. The normalized spacial score (nSPS) is 21.8. The van der Waals surface area contributed by atoms with Gasteiger partial charge in [-0.15, -0.1) is 11.3 Å². The Morgan fingerprint density at radius 3 is 2.30 bits per heavy atom. The lowest BCUT2D eigenvalue weighted by Gasteiger charge is -2.42. The molecule has 2 aliphatic rings. The number of thiazole rings is 1. The van der Waals surface area contributed by atoms with Crippen LogP contribution in [0.2, 0.25) is 0 Å². The molecular formula is C24H34N2S. The molecule has 4 rings (SSSR count). The average molecular weight is 383 g/mol. The van der Waals surface area contributed by atoms with Crippen LogP contribution in [0.15, 0.2) is 17.5 Å². The maximum absolute atomic E-state index is 5.14. The van der Waals surface area contributed by atoms with E-state index < -0.39 is 0 Å². The van der Waals surface area contributed by atoms with Gasteiger partial charge in [-0.1, -0.05) is 40.7 Å². The van der Waals surface area contributed by atoms with Crippen molar-refractivity contribution in [3.8, 4) is 11.3 Å². The van der Waals surface area contributed by atoms with E-state index in [1.165, 1.54) is 47.5 Å². The summed E-state index contributed by atoms with van der Waals surface area (Å²) < 4.78 is 0. The van der Waals surface area contributed by atoms with Gasteiger partial charge < -0.3 is 5.32 Å². The second kappa shape index (κ2) is 7.00. The topological polar surface area (TPSA) is 24.9 Å². The zero-order valence-corrected chi connectivity index (χ0v) is 18.4. The Labute approximate surface area is 168 Å². The fourth-order valence-corrected chi connectivity index (χ4v) is 5.85. The van der Waals surface area contributed by atoms with Crippen LogP contribution in [0.1, 0.15) is 87.9 Å². The van der Waals surface area contributed by atoms with Crippen molar-refractivity contribution in [2.45, 2.75) is 83.5 Å². The summed E-state index contributed by atoms with van der Waals surface area (Å²) in [5, 5.41) is 7.11. The van der Waals surface area contributed by atoms with Gasteiger partial charge in [0.05, 0.1) is 10.7 Å². The Hall–Kier alpha value is -1.19. The number of nitrogens with one attached hydrogen (secondary N) is 1. The van der Waals surface area contributed by atoms with Crippen LogP contribution < -0.4 is 5.32 Å². The van der Waals surface area contributed by atoms with Gasteiger partial charge in [0.15, 0.2) is 0 Å². The summed E-state index contributed by atoms with van der Waals surface area (Å²) in [5.74, 6) is 0.642. The molecule has 1 aliphatic heterocycles. The third-order valence-electron chi connectivity index (χ3n) is 6.94. The van der Waals surface area contributed by atoms with Crippen LogP contribution >= 0.6 is 11.3 Å². The molecule has 2 heterocycles. The Bertz CT molecular complexity index is 825. The highest BCUT2D eigenvalue weighted by Gasteiger charge is 2.37. The Balaban J connectivity index is 1.78.